The van der Waals surface area contributed by atoms with E-state index in [4.69, 9.17) is 0 Å². The normalized spacial score (nSPS) is 16.4. The SMILES string of the molecule is Cc1c(C(C)C)cncc1N1CCCC1. The lowest BCUT2D eigenvalue weighted by Gasteiger charge is -2.22. The van der Waals surface area contributed by atoms with Crippen LogP contribution in [0.2, 0.25) is 0 Å². The molecule has 0 spiro atoms. The van der Waals surface area contributed by atoms with Gasteiger partial charge >= 0.3 is 0 Å². The van der Waals surface area contributed by atoms with Crippen molar-refractivity contribution < 1.29 is 0 Å². The highest BCUT2D eigenvalue weighted by Gasteiger charge is 2.16. The summed E-state index contributed by atoms with van der Waals surface area (Å²) in [6, 6.07) is 0. The molecule has 1 aliphatic heterocycles. The molecule has 2 rings (SSSR count). The fourth-order valence-corrected chi connectivity index (χ4v) is 2.39. The van der Waals surface area contributed by atoms with Gasteiger partial charge in [-0.2, -0.15) is 0 Å². The summed E-state index contributed by atoms with van der Waals surface area (Å²) in [7, 11) is 0. The van der Waals surface area contributed by atoms with Crippen LogP contribution in [0.25, 0.3) is 0 Å². The van der Waals surface area contributed by atoms with Crippen LogP contribution in [0.4, 0.5) is 5.69 Å². The van der Waals surface area contributed by atoms with E-state index in [2.05, 4.69) is 30.7 Å². The van der Waals surface area contributed by atoms with E-state index in [0.717, 1.165) is 0 Å². The van der Waals surface area contributed by atoms with Crippen molar-refractivity contribution in [2.45, 2.75) is 39.5 Å². The second kappa shape index (κ2) is 4.21. The van der Waals surface area contributed by atoms with Gasteiger partial charge in [-0.3, -0.25) is 4.98 Å². The second-order valence-corrected chi connectivity index (χ2v) is 4.72. The Morgan fingerprint density at radius 2 is 1.87 bits per heavy atom. The van der Waals surface area contributed by atoms with Crippen molar-refractivity contribution in [3.8, 4) is 0 Å². The van der Waals surface area contributed by atoms with Crippen LogP contribution in [0.5, 0.6) is 0 Å². The highest BCUT2D eigenvalue weighted by atomic mass is 15.1. The quantitative estimate of drug-likeness (QED) is 0.736. The van der Waals surface area contributed by atoms with Crippen molar-refractivity contribution in [2.24, 2.45) is 0 Å². The van der Waals surface area contributed by atoms with Gasteiger partial charge in [-0.05, 0) is 36.8 Å². The van der Waals surface area contributed by atoms with Crippen LogP contribution >= 0.6 is 0 Å². The Balaban J connectivity index is 2.34. The third-order valence-corrected chi connectivity index (χ3v) is 3.30. The number of anilines is 1. The van der Waals surface area contributed by atoms with Crippen LogP contribution in [-0.2, 0) is 0 Å². The Hall–Kier alpha value is -1.05. The Labute approximate surface area is 92.3 Å². The van der Waals surface area contributed by atoms with Gasteiger partial charge in [-0.1, -0.05) is 13.8 Å². The zero-order valence-electron chi connectivity index (χ0n) is 9.95. The van der Waals surface area contributed by atoms with Gasteiger partial charge in [-0.15, -0.1) is 0 Å². The van der Waals surface area contributed by atoms with Crippen LogP contribution in [0.15, 0.2) is 12.4 Å². The molecule has 0 N–H and O–H groups in total. The van der Waals surface area contributed by atoms with E-state index in [1.54, 1.807) is 0 Å². The Kier molecular flexibility index (Phi) is 2.94. The molecule has 15 heavy (non-hydrogen) atoms. The molecule has 2 heterocycles. The molecule has 0 bridgehead atoms. The van der Waals surface area contributed by atoms with Crippen LogP contribution in [0.3, 0.4) is 0 Å². The molecule has 0 radical (unpaired) electrons. The molecule has 2 nitrogen and oxygen atoms in total. The van der Waals surface area contributed by atoms with Crippen molar-refractivity contribution in [1.29, 1.82) is 0 Å². The molecule has 82 valence electrons. The first-order chi connectivity index (χ1) is 7.20. The van der Waals surface area contributed by atoms with Crippen molar-refractivity contribution in [2.75, 3.05) is 18.0 Å². The fourth-order valence-electron chi connectivity index (χ4n) is 2.39. The molecule has 0 amide bonds. The van der Waals surface area contributed by atoms with Gasteiger partial charge in [0.2, 0.25) is 0 Å². The average molecular weight is 204 g/mol. The third-order valence-electron chi connectivity index (χ3n) is 3.30. The summed E-state index contributed by atoms with van der Waals surface area (Å²) in [5.41, 5.74) is 4.15. The molecule has 0 aromatic carbocycles. The summed E-state index contributed by atoms with van der Waals surface area (Å²) in [5, 5.41) is 0. The summed E-state index contributed by atoms with van der Waals surface area (Å²) in [6.45, 7) is 9.09. The maximum absolute atomic E-state index is 4.37. The lowest BCUT2D eigenvalue weighted by molar-refractivity contribution is 0.839. The molecule has 0 aliphatic carbocycles. The first-order valence-corrected chi connectivity index (χ1v) is 5.89. The summed E-state index contributed by atoms with van der Waals surface area (Å²) < 4.78 is 0. The zero-order chi connectivity index (χ0) is 10.8. The highest BCUT2D eigenvalue weighted by Crippen LogP contribution is 2.28. The number of rotatable bonds is 2. The van der Waals surface area contributed by atoms with Crippen molar-refractivity contribution >= 4 is 5.69 Å². The predicted molar refractivity (Wildman–Crippen MR) is 64.5 cm³/mol. The van der Waals surface area contributed by atoms with E-state index < -0.39 is 0 Å². The topological polar surface area (TPSA) is 16.1 Å². The Morgan fingerprint density at radius 3 is 2.47 bits per heavy atom. The molecule has 0 atom stereocenters. The van der Waals surface area contributed by atoms with E-state index in [9.17, 15) is 0 Å². The average Bonchev–Trinajstić information content (AvgIpc) is 2.70. The lowest BCUT2D eigenvalue weighted by Crippen LogP contribution is -2.19. The van der Waals surface area contributed by atoms with E-state index in [-0.39, 0.29) is 0 Å². The first-order valence-electron chi connectivity index (χ1n) is 5.89. The van der Waals surface area contributed by atoms with Gasteiger partial charge in [0.25, 0.3) is 0 Å². The smallest absolute Gasteiger partial charge is 0.0585 e. The van der Waals surface area contributed by atoms with Crippen LogP contribution in [-0.4, -0.2) is 18.1 Å². The summed E-state index contributed by atoms with van der Waals surface area (Å²) in [5.74, 6) is 0.569. The molecule has 0 unspecified atom stereocenters. The van der Waals surface area contributed by atoms with Crippen molar-refractivity contribution in [1.82, 2.24) is 4.98 Å². The van der Waals surface area contributed by atoms with Crippen LogP contribution in [0, 0.1) is 6.92 Å². The minimum atomic E-state index is 0.569. The molecular weight excluding hydrogens is 184 g/mol. The van der Waals surface area contributed by atoms with Gasteiger partial charge in [0.15, 0.2) is 0 Å². The first kappa shape index (κ1) is 10.5. The number of nitrogens with zero attached hydrogens (tertiary/aromatic N) is 2. The van der Waals surface area contributed by atoms with Gasteiger partial charge < -0.3 is 4.90 Å². The molecule has 2 heteroatoms. The summed E-state index contributed by atoms with van der Waals surface area (Å²) >= 11 is 0. The second-order valence-electron chi connectivity index (χ2n) is 4.72. The van der Waals surface area contributed by atoms with E-state index in [0.29, 0.717) is 5.92 Å². The Morgan fingerprint density at radius 1 is 1.20 bits per heavy atom. The van der Waals surface area contributed by atoms with Crippen molar-refractivity contribution in [3.05, 3.63) is 23.5 Å². The van der Waals surface area contributed by atoms with E-state index >= 15 is 0 Å². The molecule has 1 aromatic heterocycles. The van der Waals surface area contributed by atoms with Gasteiger partial charge in [-0.25, -0.2) is 0 Å². The number of aromatic nitrogens is 1. The molecular formula is C13H20N2. The van der Waals surface area contributed by atoms with E-state index in [1.807, 2.05) is 12.4 Å². The van der Waals surface area contributed by atoms with Gasteiger partial charge in [0.05, 0.1) is 11.9 Å². The molecule has 0 saturated carbocycles. The number of hydrogen-bond acceptors (Lipinski definition) is 2. The summed E-state index contributed by atoms with van der Waals surface area (Å²) in [4.78, 5) is 6.84. The minimum absolute atomic E-state index is 0.569. The maximum Gasteiger partial charge on any atom is 0.0585 e. The minimum Gasteiger partial charge on any atom is -0.370 e. The lowest BCUT2D eigenvalue weighted by atomic mass is 9.99. The summed E-state index contributed by atoms with van der Waals surface area (Å²) in [6.07, 6.45) is 6.68. The highest BCUT2D eigenvalue weighted by molar-refractivity contribution is 5.55. The molecule has 1 saturated heterocycles. The monoisotopic (exact) mass is 204 g/mol. The largest absolute Gasteiger partial charge is 0.370 e. The fraction of sp³-hybridized carbons (Fsp3) is 0.615. The van der Waals surface area contributed by atoms with Crippen molar-refractivity contribution in [3.63, 3.8) is 0 Å². The Bertz CT molecular complexity index is 338. The zero-order valence-corrected chi connectivity index (χ0v) is 9.95. The maximum atomic E-state index is 4.37. The molecule has 1 aliphatic rings. The number of hydrogen-bond donors (Lipinski definition) is 0. The van der Waals surface area contributed by atoms with Crippen LogP contribution in [0.1, 0.15) is 43.7 Å². The molecule has 1 fully saturated rings. The van der Waals surface area contributed by atoms with Gasteiger partial charge in [0, 0.05) is 19.3 Å². The van der Waals surface area contributed by atoms with Crippen LogP contribution < -0.4 is 4.90 Å². The third kappa shape index (κ3) is 1.99. The van der Waals surface area contributed by atoms with E-state index in [1.165, 1.54) is 42.7 Å². The number of pyridine rings is 1. The standard InChI is InChI=1S/C13H20N2/c1-10(2)12-8-14-9-13(11(12)3)15-6-4-5-7-15/h8-10H,4-7H2,1-3H3. The predicted octanol–water partition coefficient (Wildman–Crippen LogP) is 3.11. The molecule has 1 aromatic rings. The van der Waals surface area contributed by atoms with Gasteiger partial charge in [0.1, 0.15) is 0 Å².